The Labute approximate surface area is 105 Å². The lowest BCUT2D eigenvalue weighted by Crippen LogP contribution is -2.24. The molecular weight excluding hydrogens is 256 g/mol. The molecular formula is C10H14N4O3S. The molecule has 0 amide bonds. The molecule has 0 aliphatic carbocycles. The van der Waals surface area contributed by atoms with Gasteiger partial charge in [-0.05, 0) is 13.8 Å². The molecule has 0 unspecified atom stereocenters. The van der Waals surface area contributed by atoms with Gasteiger partial charge in [-0.25, -0.2) is 13.1 Å². The third-order valence-electron chi connectivity index (χ3n) is 2.46. The van der Waals surface area contributed by atoms with Crippen molar-refractivity contribution >= 4 is 10.0 Å². The molecule has 0 spiro atoms. The second-order valence-electron chi connectivity index (χ2n) is 4.00. The molecule has 2 aromatic heterocycles. The quantitative estimate of drug-likeness (QED) is 0.874. The summed E-state index contributed by atoms with van der Waals surface area (Å²) in [5.74, 6) is 0.284. The molecule has 2 heterocycles. The summed E-state index contributed by atoms with van der Waals surface area (Å²) in [6.45, 7) is 3.34. The van der Waals surface area contributed by atoms with Gasteiger partial charge in [0, 0.05) is 25.4 Å². The predicted molar refractivity (Wildman–Crippen MR) is 63.2 cm³/mol. The van der Waals surface area contributed by atoms with Gasteiger partial charge in [0.2, 0.25) is 10.0 Å². The first-order valence-electron chi connectivity index (χ1n) is 5.30. The van der Waals surface area contributed by atoms with Crippen LogP contribution >= 0.6 is 0 Å². The largest absolute Gasteiger partial charge is 0.360 e. The van der Waals surface area contributed by atoms with E-state index in [1.165, 1.54) is 0 Å². The van der Waals surface area contributed by atoms with Crippen LogP contribution in [0.4, 0.5) is 0 Å². The maximum atomic E-state index is 12.1. The van der Waals surface area contributed by atoms with Crippen molar-refractivity contribution in [2.24, 2.45) is 7.05 Å². The van der Waals surface area contributed by atoms with Gasteiger partial charge in [-0.15, -0.1) is 0 Å². The van der Waals surface area contributed by atoms with Crippen LogP contribution in [0.25, 0.3) is 0 Å². The summed E-state index contributed by atoms with van der Waals surface area (Å²) < 4.78 is 33.1. The van der Waals surface area contributed by atoms with Crippen LogP contribution in [-0.2, 0) is 23.6 Å². The fraction of sp³-hybridized carbons (Fsp3) is 0.400. The normalized spacial score (nSPS) is 11.9. The molecule has 18 heavy (non-hydrogen) atoms. The Bertz CT molecular complexity index is 637. The zero-order chi connectivity index (χ0) is 13.3. The molecule has 8 heteroatoms. The summed E-state index contributed by atoms with van der Waals surface area (Å²) in [5.41, 5.74) is 1.14. The number of hydrogen-bond donors (Lipinski definition) is 1. The first-order valence-corrected chi connectivity index (χ1v) is 6.78. The summed E-state index contributed by atoms with van der Waals surface area (Å²) in [6, 6.07) is 0. The van der Waals surface area contributed by atoms with Gasteiger partial charge in [-0.1, -0.05) is 5.16 Å². The zero-order valence-electron chi connectivity index (χ0n) is 10.3. The fourth-order valence-corrected chi connectivity index (χ4v) is 3.01. The van der Waals surface area contributed by atoms with Crippen molar-refractivity contribution in [3.05, 3.63) is 29.4 Å². The average molecular weight is 270 g/mol. The van der Waals surface area contributed by atoms with E-state index in [1.807, 2.05) is 0 Å². The van der Waals surface area contributed by atoms with E-state index in [1.54, 1.807) is 38.0 Å². The third-order valence-corrected chi connectivity index (χ3v) is 4.11. The lowest BCUT2D eigenvalue weighted by atomic mass is 10.4. The Morgan fingerprint density at radius 2 is 2.17 bits per heavy atom. The summed E-state index contributed by atoms with van der Waals surface area (Å²) in [4.78, 5) is 0.103. The topological polar surface area (TPSA) is 90.0 Å². The lowest BCUT2D eigenvalue weighted by Gasteiger charge is -2.04. The summed E-state index contributed by atoms with van der Waals surface area (Å²) >= 11 is 0. The van der Waals surface area contributed by atoms with E-state index in [4.69, 9.17) is 4.52 Å². The standard InChI is InChI=1S/C10H14N4O3S/c1-7-10(8(2)17-13-7)18(15,16)12-5-9-4-11-14(3)6-9/h4,6,12H,5H2,1-3H3. The maximum absolute atomic E-state index is 12.1. The molecule has 0 fully saturated rings. The Kier molecular flexibility index (Phi) is 3.22. The van der Waals surface area contributed by atoms with Gasteiger partial charge in [0.25, 0.3) is 0 Å². The van der Waals surface area contributed by atoms with E-state index >= 15 is 0 Å². The molecule has 0 aliphatic rings. The SMILES string of the molecule is Cc1noc(C)c1S(=O)(=O)NCc1cnn(C)c1. The van der Waals surface area contributed by atoms with Crippen molar-refractivity contribution in [1.82, 2.24) is 19.7 Å². The number of nitrogens with zero attached hydrogens (tertiary/aromatic N) is 3. The van der Waals surface area contributed by atoms with Crippen LogP contribution in [0.3, 0.4) is 0 Å². The number of hydrogen-bond acceptors (Lipinski definition) is 5. The van der Waals surface area contributed by atoms with Gasteiger partial charge >= 0.3 is 0 Å². The average Bonchev–Trinajstić information content (AvgIpc) is 2.83. The number of aryl methyl sites for hydroxylation is 3. The van der Waals surface area contributed by atoms with Crippen LogP contribution in [0.15, 0.2) is 21.8 Å². The molecule has 0 radical (unpaired) electrons. The Morgan fingerprint density at radius 3 is 2.67 bits per heavy atom. The minimum absolute atomic E-state index is 0.103. The molecule has 0 aliphatic heterocycles. The van der Waals surface area contributed by atoms with E-state index in [0.717, 1.165) is 5.56 Å². The minimum Gasteiger partial charge on any atom is -0.360 e. The Balaban J connectivity index is 2.18. The molecule has 98 valence electrons. The van der Waals surface area contributed by atoms with E-state index in [-0.39, 0.29) is 17.2 Å². The highest BCUT2D eigenvalue weighted by Crippen LogP contribution is 2.18. The van der Waals surface area contributed by atoms with Crippen LogP contribution in [-0.4, -0.2) is 23.4 Å². The van der Waals surface area contributed by atoms with Gasteiger partial charge in [-0.3, -0.25) is 4.68 Å². The van der Waals surface area contributed by atoms with Crippen LogP contribution in [0.1, 0.15) is 17.0 Å². The van der Waals surface area contributed by atoms with Crippen LogP contribution in [0, 0.1) is 13.8 Å². The van der Waals surface area contributed by atoms with Gasteiger partial charge in [0.1, 0.15) is 10.6 Å². The Morgan fingerprint density at radius 1 is 1.44 bits per heavy atom. The molecule has 7 nitrogen and oxygen atoms in total. The maximum Gasteiger partial charge on any atom is 0.246 e. The summed E-state index contributed by atoms with van der Waals surface area (Å²) in [6.07, 6.45) is 3.35. The van der Waals surface area contributed by atoms with Crippen molar-refractivity contribution in [3.8, 4) is 0 Å². The fourth-order valence-electron chi connectivity index (χ4n) is 1.67. The highest BCUT2D eigenvalue weighted by molar-refractivity contribution is 7.89. The van der Waals surface area contributed by atoms with Crippen molar-refractivity contribution in [1.29, 1.82) is 0 Å². The van der Waals surface area contributed by atoms with Crippen LogP contribution in [0.5, 0.6) is 0 Å². The minimum atomic E-state index is -3.61. The van der Waals surface area contributed by atoms with Crippen LogP contribution in [0.2, 0.25) is 0 Å². The Hall–Kier alpha value is -1.67. The number of rotatable bonds is 4. The van der Waals surface area contributed by atoms with Gasteiger partial charge in [-0.2, -0.15) is 5.10 Å². The molecule has 2 rings (SSSR count). The predicted octanol–water partition coefficient (Wildman–Crippen LogP) is 0.503. The van der Waals surface area contributed by atoms with Crippen LogP contribution < -0.4 is 4.72 Å². The molecule has 2 aromatic rings. The number of sulfonamides is 1. The van der Waals surface area contributed by atoms with E-state index in [2.05, 4.69) is 15.0 Å². The van der Waals surface area contributed by atoms with Gasteiger partial charge in [0.15, 0.2) is 5.76 Å². The van der Waals surface area contributed by atoms with Crippen molar-refractivity contribution in [2.75, 3.05) is 0 Å². The van der Waals surface area contributed by atoms with Crippen molar-refractivity contribution < 1.29 is 12.9 Å². The second kappa shape index (κ2) is 4.54. The van der Waals surface area contributed by atoms with Crippen molar-refractivity contribution in [3.63, 3.8) is 0 Å². The number of aromatic nitrogens is 3. The van der Waals surface area contributed by atoms with Crippen molar-refractivity contribution in [2.45, 2.75) is 25.3 Å². The van der Waals surface area contributed by atoms with Gasteiger partial charge < -0.3 is 4.52 Å². The summed E-state index contributed by atoms with van der Waals surface area (Å²) in [5, 5.41) is 7.60. The lowest BCUT2D eigenvalue weighted by molar-refractivity contribution is 0.390. The smallest absolute Gasteiger partial charge is 0.246 e. The zero-order valence-corrected chi connectivity index (χ0v) is 11.2. The molecule has 0 atom stereocenters. The van der Waals surface area contributed by atoms with E-state index in [9.17, 15) is 8.42 Å². The summed E-state index contributed by atoms with van der Waals surface area (Å²) in [7, 11) is -1.84. The van der Waals surface area contributed by atoms with E-state index < -0.39 is 10.0 Å². The number of nitrogens with one attached hydrogen (secondary N) is 1. The highest BCUT2D eigenvalue weighted by atomic mass is 32.2. The molecule has 1 N–H and O–H groups in total. The monoisotopic (exact) mass is 270 g/mol. The molecule has 0 saturated heterocycles. The van der Waals surface area contributed by atoms with Gasteiger partial charge in [0.05, 0.1) is 6.20 Å². The first kappa shape index (κ1) is 12.8. The molecule has 0 bridgehead atoms. The molecule has 0 saturated carbocycles. The second-order valence-corrected chi connectivity index (χ2v) is 5.70. The first-order chi connectivity index (χ1) is 8.40. The highest BCUT2D eigenvalue weighted by Gasteiger charge is 2.23. The van der Waals surface area contributed by atoms with E-state index in [0.29, 0.717) is 5.69 Å². The third kappa shape index (κ3) is 2.44. The molecule has 0 aromatic carbocycles.